The van der Waals surface area contributed by atoms with Gasteiger partial charge in [-0.2, -0.15) is 0 Å². The molecule has 0 aliphatic carbocycles. The van der Waals surface area contributed by atoms with Crippen LogP contribution in [0.4, 0.5) is 0 Å². The number of nitrogens with zero attached hydrogens (tertiary/aromatic N) is 3. The topological polar surface area (TPSA) is 66.0 Å². The Bertz CT molecular complexity index is 349. The number of piperazine rings is 1. The van der Waals surface area contributed by atoms with E-state index in [9.17, 15) is 4.79 Å². The highest BCUT2D eigenvalue weighted by Gasteiger charge is 2.13. The van der Waals surface area contributed by atoms with Crippen molar-refractivity contribution in [2.75, 3.05) is 31.2 Å². The van der Waals surface area contributed by atoms with E-state index in [0.717, 1.165) is 38.4 Å². The van der Waals surface area contributed by atoms with Crippen LogP contribution in [-0.4, -0.2) is 41.1 Å². The number of hydrogen-bond donors (Lipinski definition) is 2. The maximum absolute atomic E-state index is 11.5. The van der Waals surface area contributed by atoms with Crippen molar-refractivity contribution in [3.63, 3.8) is 0 Å². The molecule has 0 atom stereocenters. The quantitative estimate of drug-likeness (QED) is 0.617. The highest BCUT2D eigenvalue weighted by atomic mass is 16.2. The van der Waals surface area contributed by atoms with Crippen LogP contribution < -0.4 is 16.0 Å². The summed E-state index contributed by atoms with van der Waals surface area (Å²) >= 11 is 0. The lowest BCUT2D eigenvalue weighted by atomic mass is 10.4. The summed E-state index contributed by atoms with van der Waals surface area (Å²) in [4.78, 5) is 15.7. The molecule has 0 spiro atoms. The molecular weight excluding hydrogens is 182 g/mol. The van der Waals surface area contributed by atoms with Gasteiger partial charge in [-0.15, -0.1) is 9.89 Å². The van der Waals surface area contributed by atoms with E-state index in [0.29, 0.717) is 0 Å². The van der Waals surface area contributed by atoms with Crippen molar-refractivity contribution < 1.29 is 0 Å². The van der Waals surface area contributed by atoms with Gasteiger partial charge in [0.25, 0.3) is 0 Å². The van der Waals surface area contributed by atoms with Crippen LogP contribution in [0.1, 0.15) is 12.7 Å². The van der Waals surface area contributed by atoms with Gasteiger partial charge in [0.05, 0.1) is 0 Å². The fraction of sp³-hybridized carbons (Fsp3) is 0.750. The molecule has 6 heteroatoms. The van der Waals surface area contributed by atoms with Gasteiger partial charge in [0.15, 0.2) is 0 Å². The van der Waals surface area contributed by atoms with E-state index in [1.807, 2.05) is 11.9 Å². The Labute approximate surface area is 81.9 Å². The Morgan fingerprint density at radius 3 is 2.71 bits per heavy atom. The number of rotatable bonds is 2. The van der Waals surface area contributed by atoms with E-state index in [1.54, 1.807) is 0 Å². The second-order valence-corrected chi connectivity index (χ2v) is 3.32. The molecule has 0 aromatic carbocycles. The zero-order valence-corrected chi connectivity index (χ0v) is 8.29. The molecule has 0 saturated carbocycles. The molecule has 2 rings (SSSR count). The van der Waals surface area contributed by atoms with Crippen molar-refractivity contribution in [2.24, 2.45) is 0 Å². The highest BCUT2D eigenvalue weighted by molar-refractivity contribution is 4.91. The van der Waals surface area contributed by atoms with Crippen LogP contribution in [0.2, 0.25) is 0 Å². The Balaban J connectivity index is 2.21. The fourth-order valence-electron chi connectivity index (χ4n) is 1.55. The molecule has 78 valence electrons. The van der Waals surface area contributed by atoms with Crippen LogP contribution in [0.3, 0.4) is 0 Å². The summed E-state index contributed by atoms with van der Waals surface area (Å²) in [7, 11) is 0. The van der Waals surface area contributed by atoms with Crippen molar-refractivity contribution in [3.8, 4) is 0 Å². The first-order chi connectivity index (χ1) is 6.81. The zero-order valence-electron chi connectivity index (χ0n) is 8.29. The molecular formula is C8H15N5O. The molecule has 1 fully saturated rings. The van der Waals surface area contributed by atoms with Gasteiger partial charge >= 0.3 is 5.69 Å². The SMILES string of the molecule is CCc1nn(N2CCNCC2)c(=O)[nH]1. The molecule has 6 nitrogen and oxygen atoms in total. The van der Waals surface area contributed by atoms with Crippen LogP contribution in [-0.2, 0) is 6.42 Å². The van der Waals surface area contributed by atoms with Crippen LogP contribution >= 0.6 is 0 Å². The van der Waals surface area contributed by atoms with Crippen LogP contribution in [0.5, 0.6) is 0 Å². The summed E-state index contributed by atoms with van der Waals surface area (Å²) in [5.74, 6) is 0.744. The van der Waals surface area contributed by atoms with Crippen LogP contribution in [0.15, 0.2) is 4.79 Å². The Kier molecular flexibility index (Phi) is 2.53. The van der Waals surface area contributed by atoms with Crippen molar-refractivity contribution in [1.82, 2.24) is 20.2 Å². The van der Waals surface area contributed by atoms with Crippen molar-refractivity contribution in [2.45, 2.75) is 13.3 Å². The molecule has 1 aliphatic heterocycles. The molecule has 14 heavy (non-hydrogen) atoms. The summed E-state index contributed by atoms with van der Waals surface area (Å²) in [6.45, 7) is 5.43. The summed E-state index contributed by atoms with van der Waals surface area (Å²) in [5, 5.41) is 9.38. The van der Waals surface area contributed by atoms with Gasteiger partial charge in [0, 0.05) is 32.6 Å². The van der Waals surface area contributed by atoms with E-state index in [1.165, 1.54) is 4.79 Å². The third kappa shape index (κ3) is 1.65. The lowest BCUT2D eigenvalue weighted by Crippen LogP contribution is -2.52. The van der Waals surface area contributed by atoms with Gasteiger partial charge in [-0.1, -0.05) is 6.92 Å². The van der Waals surface area contributed by atoms with E-state index >= 15 is 0 Å². The van der Waals surface area contributed by atoms with Gasteiger partial charge in [-0.05, 0) is 0 Å². The van der Waals surface area contributed by atoms with Crippen LogP contribution in [0, 0.1) is 0 Å². The van der Waals surface area contributed by atoms with Gasteiger partial charge < -0.3 is 5.32 Å². The molecule has 2 heterocycles. The van der Waals surface area contributed by atoms with E-state index in [4.69, 9.17) is 0 Å². The minimum absolute atomic E-state index is 0.135. The highest BCUT2D eigenvalue weighted by Crippen LogP contribution is 1.91. The van der Waals surface area contributed by atoms with Gasteiger partial charge in [-0.25, -0.2) is 4.79 Å². The molecule has 0 amide bonds. The number of aromatic nitrogens is 3. The van der Waals surface area contributed by atoms with Gasteiger partial charge in [0.1, 0.15) is 5.82 Å². The number of nitrogens with one attached hydrogen (secondary N) is 2. The summed E-state index contributed by atoms with van der Waals surface area (Å²) < 4.78 is 0. The predicted octanol–water partition coefficient (Wildman–Crippen LogP) is -1.32. The number of hydrogen-bond acceptors (Lipinski definition) is 4. The first-order valence-electron chi connectivity index (χ1n) is 4.95. The molecule has 2 N–H and O–H groups in total. The average molecular weight is 197 g/mol. The van der Waals surface area contributed by atoms with Gasteiger partial charge in [-0.3, -0.25) is 9.99 Å². The molecule has 0 radical (unpaired) electrons. The monoisotopic (exact) mass is 197 g/mol. The zero-order chi connectivity index (χ0) is 9.97. The number of aromatic amines is 1. The van der Waals surface area contributed by atoms with E-state index in [2.05, 4.69) is 15.4 Å². The van der Waals surface area contributed by atoms with Crippen molar-refractivity contribution >= 4 is 0 Å². The first-order valence-corrected chi connectivity index (χ1v) is 4.95. The minimum atomic E-state index is -0.135. The molecule has 1 aromatic heterocycles. The van der Waals surface area contributed by atoms with Gasteiger partial charge in [0.2, 0.25) is 0 Å². The van der Waals surface area contributed by atoms with Crippen molar-refractivity contribution in [1.29, 1.82) is 0 Å². The molecule has 1 aliphatic rings. The predicted molar refractivity (Wildman–Crippen MR) is 53.0 cm³/mol. The fourth-order valence-corrected chi connectivity index (χ4v) is 1.55. The summed E-state index contributed by atoms with van der Waals surface area (Å²) in [5.41, 5.74) is -0.135. The van der Waals surface area contributed by atoms with E-state index < -0.39 is 0 Å². The van der Waals surface area contributed by atoms with Crippen molar-refractivity contribution in [3.05, 3.63) is 16.3 Å². The Hall–Kier alpha value is -1.30. The standard InChI is InChI=1S/C8H15N5O/c1-2-7-10-8(14)13(11-7)12-5-3-9-4-6-12/h9H,2-6H2,1H3,(H,10,11,14). The molecule has 1 aromatic rings. The molecule has 1 saturated heterocycles. The lowest BCUT2D eigenvalue weighted by molar-refractivity contribution is 0.449. The Morgan fingerprint density at radius 1 is 1.43 bits per heavy atom. The van der Waals surface area contributed by atoms with E-state index in [-0.39, 0.29) is 5.69 Å². The lowest BCUT2D eigenvalue weighted by Gasteiger charge is -2.27. The molecule has 0 unspecified atom stereocenters. The third-order valence-electron chi connectivity index (χ3n) is 2.34. The molecule has 0 bridgehead atoms. The normalized spacial score (nSPS) is 17.4. The largest absolute Gasteiger partial charge is 0.362 e. The summed E-state index contributed by atoms with van der Waals surface area (Å²) in [6.07, 6.45) is 0.758. The third-order valence-corrected chi connectivity index (χ3v) is 2.34. The minimum Gasteiger partial charge on any atom is -0.313 e. The maximum Gasteiger partial charge on any atom is 0.362 e. The second kappa shape index (κ2) is 3.83. The smallest absolute Gasteiger partial charge is 0.313 e. The number of aryl methyl sites for hydroxylation is 1. The number of H-pyrrole nitrogens is 1. The summed E-state index contributed by atoms with van der Waals surface area (Å²) in [6, 6.07) is 0. The first kappa shape index (κ1) is 9.26. The second-order valence-electron chi connectivity index (χ2n) is 3.32. The Morgan fingerprint density at radius 2 is 2.14 bits per heavy atom. The maximum atomic E-state index is 11.5. The average Bonchev–Trinajstić information content (AvgIpc) is 2.61. The van der Waals surface area contributed by atoms with Crippen LogP contribution in [0.25, 0.3) is 0 Å².